The summed E-state index contributed by atoms with van der Waals surface area (Å²) in [7, 11) is -3.48. The predicted molar refractivity (Wildman–Crippen MR) is 96.1 cm³/mol. The van der Waals surface area contributed by atoms with Gasteiger partial charge in [-0.3, -0.25) is 14.6 Å². The fourth-order valence-corrected chi connectivity index (χ4v) is 4.05. The van der Waals surface area contributed by atoms with Gasteiger partial charge in [0.2, 0.25) is 10.0 Å². The summed E-state index contributed by atoms with van der Waals surface area (Å²) < 4.78 is 27.1. The molecule has 25 heavy (non-hydrogen) atoms. The maximum atomic E-state index is 12.2. The molecule has 8 heteroatoms. The molecule has 0 amide bonds. The minimum absolute atomic E-state index is 0.273. The molecular weight excluding hydrogens is 342 g/mol. The SMILES string of the molecule is CCC(C(=O)O)N1CCN(CCNS(=O)(=O)c2ccc(C)cc2)CC1. The highest BCUT2D eigenvalue weighted by atomic mass is 32.2. The van der Waals surface area contributed by atoms with Crippen molar-refractivity contribution in [3.63, 3.8) is 0 Å². The number of nitrogens with zero attached hydrogens (tertiary/aromatic N) is 2. The summed E-state index contributed by atoms with van der Waals surface area (Å²) in [5.74, 6) is -0.776. The quantitative estimate of drug-likeness (QED) is 0.703. The Balaban J connectivity index is 1.78. The molecule has 7 nitrogen and oxygen atoms in total. The third kappa shape index (κ3) is 5.50. The van der Waals surface area contributed by atoms with Gasteiger partial charge in [-0.2, -0.15) is 0 Å². The number of piperazine rings is 1. The lowest BCUT2D eigenvalue weighted by Crippen LogP contribution is -2.53. The molecule has 2 N–H and O–H groups in total. The van der Waals surface area contributed by atoms with E-state index in [2.05, 4.69) is 9.62 Å². The molecule has 2 rings (SSSR count). The number of hydrogen-bond donors (Lipinski definition) is 2. The highest BCUT2D eigenvalue weighted by molar-refractivity contribution is 7.89. The molecule has 0 saturated carbocycles. The molecule has 1 atom stereocenters. The standard InChI is InChI=1S/C17H27N3O4S/c1-3-16(17(21)22)20-12-10-19(11-13-20)9-8-18-25(23,24)15-6-4-14(2)5-7-15/h4-7,16,18H,3,8-13H2,1-2H3,(H,21,22). The maximum Gasteiger partial charge on any atom is 0.320 e. The Kier molecular flexibility index (Phi) is 6.95. The van der Waals surface area contributed by atoms with Crippen molar-refractivity contribution in [2.24, 2.45) is 0 Å². The zero-order valence-corrected chi connectivity index (χ0v) is 15.6. The Morgan fingerprint density at radius 3 is 2.32 bits per heavy atom. The number of aliphatic carboxylic acids is 1. The van der Waals surface area contributed by atoms with Crippen molar-refractivity contribution >= 4 is 16.0 Å². The Morgan fingerprint density at radius 2 is 1.80 bits per heavy atom. The number of rotatable bonds is 8. The van der Waals surface area contributed by atoms with Crippen molar-refractivity contribution < 1.29 is 18.3 Å². The first kappa shape index (κ1) is 19.8. The van der Waals surface area contributed by atoms with E-state index in [9.17, 15) is 18.3 Å². The average molecular weight is 369 g/mol. The monoisotopic (exact) mass is 369 g/mol. The number of carboxylic acid groups (broad SMARTS) is 1. The Bertz CT molecular complexity index is 668. The van der Waals surface area contributed by atoms with Crippen molar-refractivity contribution in [3.05, 3.63) is 29.8 Å². The van der Waals surface area contributed by atoms with E-state index in [-0.39, 0.29) is 4.90 Å². The molecule has 1 aromatic carbocycles. The molecule has 1 saturated heterocycles. The van der Waals surface area contributed by atoms with Crippen molar-refractivity contribution in [1.82, 2.24) is 14.5 Å². The molecule has 0 aliphatic carbocycles. The van der Waals surface area contributed by atoms with Crippen LogP contribution in [0.5, 0.6) is 0 Å². The lowest BCUT2D eigenvalue weighted by molar-refractivity contribution is -0.144. The highest BCUT2D eigenvalue weighted by Gasteiger charge is 2.27. The first-order valence-electron chi connectivity index (χ1n) is 8.59. The van der Waals surface area contributed by atoms with Crippen molar-refractivity contribution in [2.45, 2.75) is 31.2 Å². The molecule has 140 valence electrons. The Labute approximate surface area is 149 Å². The molecular formula is C17H27N3O4S. The van der Waals surface area contributed by atoms with Gasteiger partial charge in [0.1, 0.15) is 6.04 Å². The number of nitrogens with one attached hydrogen (secondary N) is 1. The van der Waals surface area contributed by atoms with Gasteiger partial charge in [0.25, 0.3) is 0 Å². The second kappa shape index (κ2) is 8.75. The third-order valence-electron chi connectivity index (χ3n) is 4.57. The van der Waals surface area contributed by atoms with E-state index in [1.54, 1.807) is 24.3 Å². The maximum absolute atomic E-state index is 12.2. The zero-order valence-electron chi connectivity index (χ0n) is 14.8. The van der Waals surface area contributed by atoms with Crippen LogP contribution in [0.1, 0.15) is 18.9 Å². The van der Waals surface area contributed by atoms with Crippen molar-refractivity contribution in [2.75, 3.05) is 39.3 Å². The van der Waals surface area contributed by atoms with E-state index >= 15 is 0 Å². The lowest BCUT2D eigenvalue weighted by Gasteiger charge is -2.37. The Hall–Kier alpha value is -1.48. The van der Waals surface area contributed by atoms with Crippen LogP contribution in [0.25, 0.3) is 0 Å². The van der Waals surface area contributed by atoms with Crippen molar-refractivity contribution in [3.8, 4) is 0 Å². The van der Waals surface area contributed by atoms with Gasteiger partial charge in [-0.1, -0.05) is 24.6 Å². The normalized spacial score (nSPS) is 18.2. The van der Waals surface area contributed by atoms with E-state index in [4.69, 9.17) is 0 Å². The number of hydrogen-bond acceptors (Lipinski definition) is 5. The number of sulfonamides is 1. The topological polar surface area (TPSA) is 89.9 Å². The van der Waals surface area contributed by atoms with Gasteiger partial charge in [-0.05, 0) is 25.5 Å². The summed E-state index contributed by atoms with van der Waals surface area (Å²) in [4.78, 5) is 15.6. The summed E-state index contributed by atoms with van der Waals surface area (Å²) in [6.45, 7) is 7.62. The molecule has 0 radical (unpaired) electrons. The Morgan fingerprint density at radius 1 is 1.20 bits per heavy atom. The molecule has 1 aromatic rings. The van der Waals surface area contributed by atoms with E-state index in [0.717, 1.165) is 18.7 Å². The summed E-state index contributed by atoms with van der Waals surface area (Å²) >= 11 is 0. The van der Waals surface area contributed by atoms with Gasteiger partial charge in [0.15, 0.2) is 0 Å². The minimum Gasteiger partial charge on any atom is -0.480 e. The molecule has 1 fully saturated rings. The number of aryl methyl sites for hydroxylation is 1. The molecule has 1 aliphatic heterocycles. The van der Waals surface area contributed by atoms with E-state index in [1.807, 2.05) is 18.7 Å². The third-order valence-corrected chi connectivity index (χ3v) is 6.05. The number of carboxylic acids is 1. The van der Waals surface area contributed by atoms with Crippen LogP contribution in [-0.2, 0) is 14.8 Å². The van der Waals surface area contributed by atoms with Gasteiger partial charge < -0.3 is 5.11 Å². The fourth-order valence-electron chi connectivity index (χ4n) is 3.03. The minimum atomic E-state index is -3.48. The van der Waals surface area contributed by atoms with Crippen LogP contribution in [0.2, 0.25) is 0 Å². The van der Waals surface area contributed by atoms with Crippen LogP contribution in [0.15, 0.2) is 29.2 Å². The summed E-state index contributed by atoms with van der Waals surface area (Å²) in [5.41, 5.74) is 1.02. The molecule has 0 bridgehead atoms. The van der Waals surface area contributed by atoms with Crippen LogP contribution in [-0.4, -0.2) is 74.6 Å². The van der Waals surface area contributed by atoms with Crippen LogP contribution < -0.4 is 4.72 Å². The van der Waals surface area contributed by atoms with Gasteiger partial charge in [0.05, 0.1) is 4.90 Å². The van der Waals surface area contributed by atoms with Crippen LogP contribution >= 0.6 is 0 Å². The molecule has 1 aliphatic rings. The number of benzene rings is 1. The van der Waals surface area contributed by atoms with E-state index < -0.39 is 22.0 Å². The van der Waals surface area contributed by atoms with Crippen LogP contribution in [0.4, 0.5) is 0 Å². The second-order valence-corrected chi connectivity index (χ2v) is 8.12. The molecule has 0 spiro atoms. The van der Waals surface area contributed by atoms with E-state index in [1.165, 1.54) is 0 Å². The largest absolute Gasteiger partial charge is 0.480 e. The van der Waals surface area contributed by atoms with Crippen LogP contribution in [0.3, 0.4) is 0 Å². The zero-order chi connectivity index (χ0) is 18.4. The lowest BCUT2D eigenvalue weighted by atomic mass is 10.1. The first-order valence-corrected chi connectivity index (χ1v) is 10.1. The first-order chi connectivity index (χ1) is 11.8. The fraction of sp³-hybridized carbons (Fsp3) is 0.588. The molecule has 0 aromatic heterocycles. The molecule has 1 unspecified atom stereocenters. The van der Waals surface area contributed by atoms with E-state index in [0.29, 0.717) is 32.6 Å². The summed E-state index contributed by atoms with van der Waals surface area (Å²) in [5, 5.41) is 9.22. The van der Waals surface area contributed by atoms with Gasteiger partial charge >= 0.3 is 5.97 Å². The second-order valence-electron chi connectivity index (χ2n) is 6.35. The number of carbonyl (C=O) groups is 1. The average Bonchev–Trinajstić information content (AvgIpc) is 2.57. The smallest absolute Gasteiger partial charge is 0.320 e. The summed E-state index contributed by atoms with van der Waals surface area (Å²) in [6, 6.07) is 6.34. The van der Waals surface area contributed by atoms with Crippen molar-refractivity contribution in [1.29, 1.82) is 0 Å². The van der Waals surface area contributed by atoms with Crippen LogP contribution in [0, 0.1) is 6.92 Å². The van der Waals surface area contributed by atoms with Gasteiger partial charge in [-0.15, -0.1) is 0 Å². The molecule has 1 heterocycles. The summed E-state index contributed by atoms with van der Waals surface area (Å²) in [6.07, 6.45) is 0.589. The van der Waals surface area contributed by atoms with Gasteiger partial charge in [0, 0.05) is 39.3 Å². The highest BCUT2D eigenvalue weighted by Crippen LogP contribution is 2.11. The van der Waals surface area contributed by atoms with Gasteiger partial charge in [-0.25, -0.2) is 13.1 Å². The predicted octanol–water partition coefficient (Wildman–Crippen LogP) is 0.754.